The molecular formula is H2BKO4PRb. The van der Waals surface area contributed by atoms with Crippen LogP contribution >= 0.6 is 7.82 Å². The Hall–Kier alpha value is 3.62. The first-order valence-corrected chi connectivity index (χ1v) is 2.60. The van der Waals surface area contributed by atoms with Gasteiger partial charge in [0, 0.05) is 7.82 Å². The molecule has 8 heavy (non-hydrogen) atoms. The van der Waals surface area contributed by atoms with Crippen LogP contribution in [0, 0.1) is 0 Å². The van der Waals surface area contributed by atoms with Crippen molar-refractivity contribution in [2.24, 2.45) is 0 Å². The average Bonchev–Trinajstić information content (AvgIpc) is 1.35. The summed E-state index contributed by atoms with van der Waals surface area (Å²) in [6, 6.07) is 0. The van der Waals surface area contributed by atoms with Crippen LogP contribution in [-0.4, -0.2) is 8.05 Å². The van der Waals surface area contributed by atoms with Gasteiger partial charge in [0.2, 0.25) is 0 Å². The van der Waals surface area contributed by atoms with Gasteiger partial charge in [-0.25, -0.2) is 0 Å². The van der Waals surface area contributed by atoms with Crippen molar-refractivity contribution in [2.45, 2.75) is 0 Å². The van der Waals surface area contributed by atoms with Gasteiger partial charge in [-0.3, -0.25) is 0 Å². The quantitative estimate of drug-likeness (QED) is 0.332. The third kappa shape index (κ3) is 16.3. The zero-order valence-corrected chi connectivity index (χ0v) is 14.0. The van der Waals surface area contributed by atoms with Crippen LogP contribution in [-0.2, 0) is 9.01 Å². The van der Waals surface area contributed by atoms with E-state index < -0.39 is 7.82 Å². The van der Waals surface area contributed by atoms with E-state index in [1.807, 2.05) is 0 Å². The van der Waals surface area contributed by atoms with Gasteiger partial charge >= 0.3 is 110 Å². The monoisotopic (exact) mass is 232 g/mol. The molecule has 0 aromatic carbocycles. The first kappa shape index (κ1) is 17.6. The molecule has 0 aliphatic carbocycles. The SMILES string of the molecule is BOP(=O)([O-])[O-].[K+].[Rb+]. The van der Waals surface area contributed by atoms with E-state index in [2.05, 4.69) is 4.44 Å². The molecule has 0 amide bonds. The van der Waals surface area contributed by atoms with Crippen molar-refractivity contribution in [2.75, 3.05) is 0 Å². The van der Waals surface area contributed by atoms with Gasteiger partial charge in [-0.2, -0.15) is 0 Å². The Bertz CT molecular complexity index is 80.1. The molecule has 36 valence electrons. The molecule has 0 aliphatic rings. The van der Waals surface area contributed by atoms with E-state index in [-0.39, 0.29) is 110 Å². The molecule has 0 N–H and O–H groups in total. The fraction of sp³-hybridized carbons (Fsp3) is 0. The van der Waals surface area contributed by atoms with Crippen LogP contribution in [0.3, 0.4) is 0 Å². The van der Waals surface area contributed by atoms with Gasteiger partial charge in [0.15, 0.2) is 0 Å². The van der Waals surface area contributed by atoms with E-state index in [1.54, 1.807) is 0 Å². The van der Waals surface area contributed by atoms with Crippen molar-refractivity contribution in [3.05, 3.63) is 0 Å². The minimum atomic E-state index is -4.65. The van der Waals surface area contributed by atoms with Gasteiger partial charge in [0.1, 0.15) is 0 Å². The van der Waals surface area contributed by atoms with Crippen LogP contribution in [0.4, 0.5) is 0 Å². The Balaban J connectivity index is -0.000000125. The van der Waals surface area contributed by atoms with Crippen LogP contribution in [0.1, 0.15) is 0 Å². The van der Waals surface area contributed by atoms with Crippen LogP contribution in [0.25, 0.3) is 0 Å². The summed E-state index contributed by atoms with van der Waals surface area (Å²) in [5.41, 5.74) is 0. The van der Waals surface area contributed by atoms with E-state index in [1.165, 1.54) is 0 Å². The van der Waals surface area contributed by atoms with Gasteiger partial charge in [-0.15, -0.1) is 0 Å². The van der Waals surface area contributed by atoms with Gasteiger partial charge in [-0.1, -0.05) is 0 Å². The summed E-state index contributed by atoms with van der Waals surface area (Å²) in [4.78, 5) is 18.5. The molecular weight excluding hydrogens is 230 g/mol. The molecule has 0 bridgehead atoms. The smallest absolute Gasteiger partial charge is 0.791 e. The molecule has 0 saturated carbocycles. The molecule has 0 fully saturated rings. The van der Waals surface area contributed by atoms with E-state index in [0.29, 0.717) is 0 Å². The van der Waals surface area contributed by atoms with Crippen LogP contribution in [0.15, 0.2) is 0 Å². The Kier molecular flexibility index (Phi) is 19.2. The number of hydrogen-bond acceptors (Lipinski definition) is 4. The molecule has 0 spiro atoms. The second-order valence-corrected chi connectivity index (χ2v) is 1.89. The molecule has 8 heteroatoms. The molecule has 0 aromatic heterocycles. The largest absolute Gasteiger partial charge is 1.00 e. The first-order valence-electron chi connectivity index (χ1n) is 1.14. The summed E-state index contributed by atoms with van der Waals surface area (Å²) in [5, 5.41) is 0. The predicted molar refractivity (Wildman–Crippen MR) is 17.2 cm³/mol. The standard InChI is InChI=1S/BH4O4P.K.Rb/c1-5-6(2,3)4;;/h1H2,(H2,2,3,4);;/q;2*+1/p-2. The Morgan fingerprint density at radius 2 is 1.62 bits per heavy atom. The summed E-state index contributed by atoms with van der Waals surface area (Å²) >= 11 is 0. The van der Waals surface area contributed by atoms with Crippen molar-refractivity contribution >= 4 is 15.9 Å². The predicted octanol–water partition coefficient (Wildman–Crippen LogP) is -8.61. The van der Waals surface area contributed by atoms with Gasteiger partial charge in [0.05, 0.1) is 0 Å². The first-order chi connectivity index (χ1) is 2.56. The zero-order valence-electron chi connectivity index (χ0n) is 5.08. The molecule has 0 saturated heterocycles. The molecule has 0 rings (SSSR count). The minimum absolute atomic E-state index is 0. The van der Waals surface area contributed by atoms with Crippen molar-refractivity contribution in [3.8, 4) is 0 Å². The van der Waals surface area contributed by atoms with E-state index in [4.69, 9.17) is 0 Å². The van der Waals surface area contributed by atoms with Crippen LogP contribution in [0.5, 0.6) is 0 Å². The van der Waals surface area contributed by atoms with E-state index >= 15 is 0 Å². The topological polar surface area (TPSA) is 72.4 Å². The molecule has 0 aromatic rings. The fourth-order valence-corrected chi connectivity index (χ4v) is 0. The molecule has 0 unspecified atom stereocenters. The molecule has 0 heterocycles. The van der Waals surface area contributed by atoms with Crippen LogP contribution < -0.4 is 119 Å². The average molecular weight is 232 g/mol. The molecule has 0 aliphatic heterocycles. The van der Waals surface area contributed by atoms with Crippen LogP contribution in [0.2, 0.25) is 0 Å². The Labute approximate surface area is 140 Å². The van der Waals surface area contributed by atoms with Gasteiger partial charge < -0.3 is 18.8 Å². The van der Waals surface area contributed by atoms with Crippen molar-refractivity contribution in [1.82, 2.24) is 0 Å². The second-order valence-electron chi connectivity index (χ2n) is 0.630. The van der Waals surface area contributed by atoms with Gasteiger partial charge in [-0.05, 0) is 0 Å². The van der Waals surface area contributed by atoms with Gasteiger partial charge in [0.25, 0.3) is 8.05 Å². The zero-order chi connectivity index (χ0) is 5.21. The molecule has 4 nitrogen and oxygen atoms in total. The van der Waals surface area contributed by atoms with E-state index in [9.17, 15) is 14.4 Å². The summed E-state index contributed by atoms with van der Waals surface area (Å²) in [6.45, 7) is 0. The maximum atomic E-state index is 9.25. The van der Waals surface area contributed by atoms with Crippen molar-refractivity contribution in [1.29, 1.82) is 0 Å². The summed E-state index contributed by atoms with van der Waals surface area (Å²) in [5.74, 6) is 0. The Morgan fingerprint density at radius 3 is 1.62 bits per heavy atom. The summed E-state index contributed by atoms with van der Waals surface area (Å²) in [6.07, 6.45) is 0. The molecule has 0 radical (unpaired) electrons. The summed E-state index contributed by atoms with van der Waals surface area (Å²) in [7, 11) is -3.83. The fourth-order valence-electron chi connectivity index (χ4n) is 0. The summed E-state index contributed by atoms with van der Waals surface area (Å²) < 4.78 is 12.6. The maximum Gasteiger partial charge on any atom is 1.00 e. The number of rotatable bonds is 1. The Morgan fingerprint density at radius 1 is 1.50 bits per heavy atom. The van der Waals surface area contributed by atoms with Crippen molar-refractivity contribution < 1.29 is 128 Å². The number of hydrogen-bond donors (Lipinski definition) is 0. The third-order valence-electron chi connectivity index (χ3n) is 0.224. The van der Waals surface area contributed by atoms with E-state index in [0.717, 1.165) is 8.05 Å². The normalized spacial score (nSPS) is 8.75. The third-order valence-corrected chi connectivity index (χ3v) is 0.671. The minimum Gasteiger partial charge on any atom is -0.791 e. The molecule has 0 atom stereocenters. The second kappa shape index (κ2) is 8.71. The maximum absolute atomic E-state index is 9.25. The van der Waals surface area contributed by atoms with Crippen molar-refractivity contribution in [3.63, 3.8) is 0 Å². The number of phosphoric acid groups is 1.